The fourth-order valence-corrected chi connectivity index (χ4v) is 2.90. The van der Waals surface area contributed by atoms with Crippen LogP contribution in [0.3, 0.4) is 0 Å². The molecule has 0 atom stereocenters. The van der Waals surface area contributed by atoms with E-state index in [0.29, 0.717) is 10.9 Å². The van der Waals surface area contributed by atoms with Crippen LogP contribution in [-0.2, 0) is 4.79 Å². The lowest BCUT2D eigenvalue weighted by atomic mass is 10.2. The molecule has 18 heavy (non-hydrogen) atoms. The molecule has 0 aliphatic heterocycles. The number of thioether (sulfide) groups is 1. The van der Waals surface area contributed by atoms with E-state index in [1.165, 1.54) is 22.5 Å². The maximum absolute atomic E-state index is 11.7. The number of hydrogen-bond donors (Lipinski definition) is 1. The average molecular weight is 278 g/mol. The lowest BCUT2D eigenvalue weighted by Crippen LogP contribution is -2.13. The molecule has 5 heteroatoms. The van der Waals surface area contributed by atoms with Crippen LogP contribution in [0.1, 0.15) is 11.1 Å². The van der Waals surface area contributed by atoms with Crippen molar-refractivity contribution in [3.8, 4) is 0 Å². The van der Waals surface area contributed by atoms with Crippen LogP contribution in [0, 0.1) is 13.8 Å². The third kappa shape index (κ3) is 3.58. The fourth-order valence-electron chi connectivity index (χ4n) is 1.55. The van der Waals surface area contributed by atoms with Crippen molar-refractivity contribution < 1.29 is 4.79 Å². The van der Waals surface area contributed by atoms with Crippen molar-refractivity contribution in [2.75, 3.05) is 11.1 Å². The Labute approximate surface area is 115 Å². The number of nitrogens with zero attached hydrogens (tertiary/aromatic N) is 1. The van der Waals surface area contributed by atoms with Gasteiger partial charge in [-0.05, 0) is 25.5 Å². The number of aromatic nitrogens is 1. The first kappa shape index (κ1) is 13.1. The van der Waals surface area contributed by atoms with Crippen molar-refractivity contribution in [2.45, 2.75) is 18.7 Å². The normalized spacial score (nSPS) is 10.3. The van der Waals surface area contributed by atoms with Crippen molar-refractivity contribution in [3.63, 3.8) is 0 Å². The first-order valence-corrected chi connectivity index (χ1v) is 7.41. The first-order valence-electron chi connectivity index (χ1n) is 5.54. The number of aryl methyl sites for hydroxylation is 2. The summed E-state index contributed by atoms with van der Waals surface area (Å²) in [7, 11) is 0. The predicted molar refractivity (Wildman–Crippen MR) is 77.4 cm³/mol. The monoisotopic (exact) mass is 278 g/mol. The molecule has 1 aromatic heterocycles. The Morgan fingerprint density at radius 2 is 2.28 bits per heavy atom. The topological polar surface area (TPSA) is 42.0 Å². The Hall–Kier alpha value is -1.33. The van der Waals surface area contributed by atoms with Crippen molar-refractivity contribution >= 4 is 34.1 Å². The van der Waals surface area contributed by atoms with Crippen LogP contribution in [-0.4, -0.2) is 16.6 Å². The molecule has 0 radical (unpaired) electrons. The Balaban J connectivity index is 1.89. The van der Waals surface area contributed by atoms with E-state index in [9.17, 15) is 4.79 Å². The maximum atomic E-state index is 11.7. The summed E-state index contributed by atoms with van der Waals surface area (Å²) in [6.07, 6.45) is 1.68. The molecule has 0 saturated carbocycles. The molecule has 1 heterocycles. The second-order valence-corrected chi connectivity index (χ2v) is 5.85. The number of carbonyl (C=O) groups is 1. The maximum Gasteiger partial charge on any atom is 0.236 e. The van der Waals surface area contributed by atoms with Gasteiger partial charge in [-0.1, -0.05) is 17.7 Å². The van der Waals surface area contributed by atoms with Crippen LogP contribution in [0.2, 0.25) is 0 Å². The van der Waals surface area contributed by atoms with E-state index < -0.39 is 0 Å². The van der Waals surface area contributed by atoms with Crippen LogP contribution in [0.25, 0.3) is 0 Å². The second-order valence-electron chi connectivity index (χ2n) is 3.94. The van der Waals surface area contributed by atoms with Crippen LogP contribution >= 0.6 is 23.1 Å². The number of thiazole rings is 1. The van der Waals surface area contributed by atoms with E-state index in [2.05, 4.69) is 42.3 Å². The zero-order valence-corrected chi connectivity index (χ0v) is 11.9. The molecule has 2 aromatic rings. The molecule has 1 aromatic carbocycles. The lowest BCUT2D eigenvalue weighted by molar-refractivity contribution is -0.113. The van der Waals surface area contributed by atoms with E-state index >= 15 is 0 Å². The van der Waals surface area contributed by atoms with Crippen molar-refractivity contribution in [1.82, 2.24) is 4.98 Å². The van der Waals surface area contributed by atoms with Gasteiger partial charge in [0.05, 0.1) is 5.75 Å². The minimum atomic E-state index is -0.0186. The number of anilines is 1. The summed E-state index contributed by atoms with van der Waals surface area (Å²) in [5, 5.41) is 5.26. The summed E-state index contributed by atoms with van der Waals surface area (Å²) in [5.41, 5.74) is 2.45. The van der Waals surface area contributed by atoms with Gasteiger partial charge >= 0.3 is 0 Å². The molecule has 0 fully saturated rings. The van der Waals surface area contributed by atoms with Gasteiger partial charge in [-0.15, -0.1) is 23.1 Å². The van der Waals surface area contributed by atoms with Gasteiger partial charge in [0, 0.05) is 16.5 Å². The summed E-state index contributed by atoms with van der Waals surface area (Å²) in [6, 6.07) is 6.25. The van der Waals surface area contributed by atoms with Crippen LogP contribution < -0.4 is 5.32 Å². The van der Waals surface area contributed by atoms with E-state index in [1.54, 1.807) is 18.0 Å². The lowest BCUT2D eigenvalue weighted by Gasteiger charge is -2.06. The number of rotatable bonds is 4. The van der Waals surface area contributed by atoms with Crippen molar-refractivity contribution in [1.29, 1.82) is 0 Å². The van der Waals surface area contributed by atoms with Gasteiger partial charge in [-0.3, -0.25) is 4.79 Å². The van der Waals surface area contributed by atoms with Crippen molar-refractivity contribution in [3.05, 3.63) is 40.9 Å². The summed E-state index contributed by atoms with van der Waals surface area (Å²) in [6.45, 7) is 4.13. The minimum Gasteiger partial charge on any atom is -0.301 e. The highest BCUT2D eigenvalue weighted by Crippen LogP contribution is 2.23. The molecule has 0 spiro atoms. The predicted octanol–water partition coefficient (Wildman–Crippen LogP) is 3.49. The quantitative estimate of drug-likeness (QED) is 0.870. The van der Waals surface area contributed by atoms with E-state index in [-0.39, 0.29) is 5.91 Å². The van der Waals surface area contributed by atoms with Gasteiger partial charge in [0.25, 0.3) is 0 Å². The summed E-state index contributed by atoms with van der Waals surface area (Å²) in [5.74, 6) is 0.388. The second kappa shape index (κ2) is 6.02. The van der Waals surface area contributed by atoms with Gasteiger partial charge in [0.15, 0.2) is 5.13 Å². The molecule has 2 rings (SSSR count). The van der Waals surface area contributed by atoms with Crippen molar-refractivity contribution in [2.24, 2.45) is 0 Å². The highest BCUT2D eigenvalue weighted by atomic mass is 32.2. The zero-order valence-electron chi connectivity index (χ0n) is 10.3. The van der Waals surface area contributed by atoms with Gasteiger partial charge in [0.2, 0.25) is 5.91 Å². The summed E-state index contributed by atoms with van der Waals surface area (Å²) < 4.78 is 0. The number of benzene rings is 1. The molecule has 94 valence electrons. The third-order valence-corrected chi connectivity index (χ3v) is 4.23. The third-order valence-electron chi connectivity index (χ3n) is 2.37. The molecule has 0 unspecified atom stereocenters. The van der Waals surface area contributed by atoms with Gasteiger partial charge in [-0.2, -0.15) is 0 Å². The Bertz CT molecular complexity index is 538. The molecule has 0 saturated heterocycles. The smallest absolute Gasteiger partial charge is 0.236 e. The minimum absolute atomic E-state index is 0.0186. The SMILES string of the molecule is Cc1ccc(SCC(=O)Nc2nccs2)c(C)c1. The van der Waals surface area contributed by atoms with E-state index in [4.69, 9.17) is 0 Å². The number of amides is 1. The van der Waals surface area contributed by atoms with Gasteiger partial charge in [0.1, 0.15) is 0 Å². The van der Waals surface area contributed by atoms with Gasteiger partial charge < -0.3 is 5.32 Å². The largest absolute Gasteiger partial charge is 0.301 e. The summed E-state index contributed by atoms with van der Waals surface area (Å²) >= 11 is 2.98. The Kier molecular flexibility index (Phi) is 4.38. The highest BCUT2D eigenvalue weighted by Gasteiger charge is 2.06. The standard InChI is InChI=1S/C13H14N2OS2/c1-9-3-4-11(10(2)7-9)18-8-12(16)15-13-14-5-6-17-13/h3-7H,8H2,1-2H3,(H,14,15,16). The number of nitrogens with one attached hydrogen (secondary N) is 1. The molecule has 0 bridgehead atoms. The highest BCUT2D eigenvalue weighted by molar-refractivity contribution is 8.00. The number of carbonyl (C=O) groups excluding carboxylic acids is 1. The number of hydrogen-bond acceptors (Lipinski definition) is 4. The Morgan fingerprint density at radius 3 is 2.94 bits per heavy atom. The molecule has 0 aliphatic carbocycles. The Morgan fingerprint density at radius 1 is 1.44 bits per heavy atom. The van der Waals surface area contributed by atoms with Crippen LogP contribution in [0.4, 0.5) is 5.13 Å². The molecular formula is C13H14N2OS2. The molecule has 1 N–H and O–H groups in total. The fraction of sp³-hybridized carbons (Fsp3) is 0.231. The van der Waals surface area contributed by atoms with Crippen LogP contribution in [0.5, 0.6) is 0 Å². The van der Waals surface area contributed by atoms with Crippen LogP contribution in [0.15, 0.2) is 34.7 Å². The van der Waals surface area contributed by atoms with E-state index in [1.807, 2.05) is 5.38 Å². The van der Waals surface area contributed by atoms with Gasteiger partial charge in [-0.25, -0.2) is 4.98 Å². The molecule has 1 amide bonds. The average Bonchev–Trinajstić information content (AvgIpc) is 2.80. The van der Waals surface area contributed by atoms with E-state index in [0.717, 1.165) is 4.90 Å². The first-order chi connectivity index (χ1) is 8.65. The molecule has 3 nitrogen and oxygen atoms in total. The summed E-state index contributed by atoms with van der Waals surface area (Å²) in [4.78, 5) is 16.9. The zero-order chi connectivity index (χ0) is 13.0. The molecular weight excluding hydrogens is 264 g/mol. The molecule has 0 aliphatic rings.